The summed E-state index contributed by atoms with van der Waals surface area (Å²) in [6, 6.07) is 9.47. The average Bonchev–Trinajstić information content (AvgIpc) is 2.65. The Kier molecular flexibility index (Phi) is 9.03. The lowest BCUT2D eigenvalue weighted by molar-refractivity contribution is 0.251. The number of halogens is 1. The summed E-state index contributed by atoms with van der Waals surface area (Å²) in [6.07, 6.45) is 9.02. The Morgan fingerprint density at radius 1 is 1.16 bits per heavy atom. The van der Waals surface area contributed by atoms with Gasteiger partial charge in [-0.3, -0.25) is 9.89 Å². The molecule has 0 saturated heterocycles. The van der Waals surface area contributed by atoms with Crippen LogP contribution >= 0.6 is 24.0 Å². The van der Waals surface area contributed by atoms with Gasteiger partial charge in [-0.05, 0) is 36.8 Å². The van der Waals surface area contributed by atoms with Gasteiger partial charge in [0.25, 0.3) is 0 Å². The van der Waals surface area contributed by atoms with E-state index in [1.54, 1.807) is 0 Å². The number of aliphatic imine (C=N–C) groups is 1. The molecule has 2 N–H and O–H groups in total. The van der Waals surface area contributed by atoms with Gasteiger partial charge in [-0.15, -0.1) is 24.0 Å². The molecule has 1 fully saturated rings. The minimum absolute atomic E-state index is 0. The van der Waals surface area contributed by atoms with Crippen LogP contribution in [0.25, 0.3) is 0 Å². The van der Waals surface area contributed by atoms with E-state index in [0.717, 1.165) is 32.0 Å². The Hall–Kier alpha value is -0.820. The zero-order valence-corrected chi connectivity index (χ0v) is 17.8. The van der Waals surface area contributed by atoms with Gasteiger partial charge in [0, 0.05) is 39.3 Å². The van der Waals surface area contributed by atoms with Crippen LogP contribution < -0.4 is 10.6 Å². The first-order chi connectivity index (χ1) is 11.8. The van der Waals surface area contributed by atoms with E-state index in [4.69, 9.17) is 0 Å². The Labute approximate surface area is 169 Å². The minimum atomic E-state index is 0. The largest absolute Gasteiger partial charge is 0.356 e. The van der Waals surface area contributed by atoms with Crippen LogP contribution in [0.3, 0.4) is 0 Å². The van der Waals surface area contributed by atoms with Crippen molar-refractivity contribution in [3.63, 3.8) is 0 Å². The maximum absolute atomic E-state index is 4.38. The molecule has 1 saturated carbocycles. The van der Waals surface area contributed by atoms with E-state index in [1.807, 2.05) is 7.05 Å². The summed E-state index contributed by atoms with van der Waals surface area (Å²) in [5.41, 5.74) is 3.04. The van der Waals surface area contributed by atoms with E-state index in [9.17, 15) is 0 Å². The third-order valence-electron chi connectivity index (χ3n) is 5.32. The lowest BCUT2D eigenvalue weighted by Crippen LogP contribution is -2.44. The molecule has 0 amide bonds. The molecule has 4 nitrogen and oxygen atoms in total. The fourth-order valence-corrected chi connectivity index (χ4v) is 3.89. The summed E-state index contributed by atoms with van der Waals surface area (Å²) < 4.78 is 0. The summed E-state index contributed by atoms with van der Waals surface area (Å²) in [4.78, 5) is 6.95. The van der Waals surface area contributed by atoms with Gasteiger partial charge in [-0.1, -0.05) is 43.5 Å². The second-order valence-corrected chi connectivity index (χ2v) is 7.13. The number of guanidine groups is 1. The fraction of sp³-hybridized carbons (Fsp3) is 0.650. The van der Waals surface area contributed by atoms with Crippen molar-refractivity contribution < 1.29 is 0 Å². The second-order valence-electron chi connectivity index (χ2n) is 7.13. The van der Waals surface area contributed by atoms with Crippen LogP contribution in [0.4, 0.5) is 0 Å². The van der Waals surface area contributed by atoms with E-state index in [1.165, 1.54) is 56.2 Å². The summed E-state index contributed by atoms with van der Waals surface area (Å²) in [7, 11) is 1.87. The molecule has 1 aromatic rings. The number of nitrogens with one attached hydrogen (secondary N) is 2. The van der Waals surface area contributed by atoms with E-state index >= 15 is 0 Å². The molecule has 1 aromatic carbocycles. The number of fused-ring (bicyclic) bond motifs is 1. The number of hydrogen-bond donors (Lipinski definition) is 2. The molecular formula is C20H33IN4. The Bertz CT molecular complexity index is 540. The number of benzene rings is 1. The first kappa shape index (κ1) is 20.5. The number of hydrogen-bond acceptors (Lipinski definition) is 2. The van der Waals surface area contributed by atoms with Crippen LogP contribution in [0.5, 0.6) is 0 Å². The van der Waals surface area contributed by atoms with Gasteiger partial charge in [0.05, 0.1) is 0 Å². The molecule has 0 spiro atoms. The zero-order chi connectivity index (χ0) is 16.6. The van der Waals surface area contributed by atoms with Crippen molar-refractivity contribution in [2.24, 2.45) is 4.99 Å². The van der Waals surface area contributed by atoms with Gasteiger partial charge in [0.15, 0.2) is 5.96 Å². The van der Waals surface area contributed by atoms with E-state index < -0.39 is 0 Å². The Balaban J connectivity index is 0.00000225. The summed E-state index contributed by atoms with van der Waals surface area (Å²) in [5, 5.41) is 7.07. The van der Waals surface area contributed by atoms with Crippen LogP contribution in [0.1, 0.15) is 49.7 Å². The second kappa shape index (κ2) is 11.0. The Morgan fingerprint density at radius 3 is 2.68 bits per heavy atom. The topological polar surface area (TPSA) is 39.7 Å². The quantitative estimate of drug-likeness (QED) is 0.308. The molecule has 3 rings (SSSR count). The summed E-state index contributed by atoms with van der Waals surface area (Å²) >= 11 is 0. The third-order valence-corrected chi connectivity index (χ3v) is 5.32. The highest BCUT2D eigenvalue weighted by Crippen LogP contribution is 2.18. The van der Waals surface area contributed by atoms with Crippen LogP contribution in [-0.2, 0) is 13.0 Å². The molecule has 0 radical (unpaired) electrons. The third kappa shape index (κ3) is 6.44. The van der Waals surface area contributed by atoms with Gasteiger partial charge in [-0.2, -0.15) is 0 Å². The normalized spacial score (nSPS) is 19.0. The number of rotatable bonds is 5. The molecule has 0 bridgehead atoms. The molecule has 0 atom stereocenters. The van der Waals surface area contributed by atoms with E-state index in [0.29, 0.717) is 6.04 Å². The van der Waals surface area contributed by atoms with Crippen molar-refractivity contribution in [2.75, 3.05) is 26.7 Å². The van der Waals surface area contributed by atoms with Crippen molar-refractivity contribution in [1.29, 1.82) is 0 Å². The number of nitrogens with zero attached hydrogens (tertiary/aromatic N) is 2. The highest BCUT2D eigenvalue weighted by atomic mass is 127. The van der Waals surface area contributed by atoms with Crippen LogP contribution in [0.2, 0.25) is 0 Å². The van der Waals surface area contributed by atoms with Crippen molar-refractivity contribution in [2.45, 2.75) is 57.5 Å². The molecule has 25 heavy (non-hydrogen) atoms. The van der Waals surface area contributed by atoms with Gasteiger partial charge in [-0.25, -0.2) is 0 Å². The molecular weight excluding hydrogens is 423 g/mol. The SMILES string of the molecule is CN=C(NCCCN1CCc2ccccc2C1)NC1CCCCC1.I. The first-order valence-corrected chi connectivity index (χ1v) is 9.61. The van der Waals surface area contributed by atoms with Crippen molar-refractivity contribution >= 4 is 29.9 Å². The molecule has 0 unspecified atom stereocenters. The summed E-state index contributed by atoms with van der Waals surface area (Å²) in [5.74, 6) is 0.978. The molecule has 1 heterocycles. The minimum Gasteiger partial charge on any atom is -0.356 e. The maximum Gasteiger partial charge on any atom is 0.191 e. The lowest BCUT2D eigenvalue weighted by atomic mass is 9.96. The van der Waals surface area contributed by atoms with E-state index in [2.05, 4.69) is 44.8 Å². The lowest BCUT2D eigenvalue weighted by Gasteiger charge is -2.29. The Morgan fingerprint density at radius 2 is 1.92 bits per heavy atom. The fourth-order valence-electron chi connectivity index (χ4n) is 3.89. The monoisotopic (exact) mass is 456 g/mol. The molecule has 2 aliphatic rings. The van der Waals surface area contributed by atoms with Gasteiger partial charge < -0.3 is 10.6 Å². The van der Waals surface area contributed by atoms with Gasteiger partial charge >= 0.3 is 0 Å². The molecule has 1 aliphatic carbocycles. The van der Waals surface area contributed by atoms with E-state index in [-0.39, 0.29) is 24.0 Å². The van der Waals surface area contributed by atoms with Crippen LogP contribution in [0.15, 0.2) is 29.3 Å². The maximum atomic E-state index is 4.38. The molecule has 5 heteroatoms. The van der Waals surface area contributed by atoms with Gasteiger partial charge in [0.1, 0.15) is 0 Å². The van der Waals surface area contributed by atoms with Crippen molar-refractivity contribution in [3.8, 4) is 0 Å². The van der Waals surface area contributed by atoms with Crippen LogP contribution in [0, 0.1) is 0 Å². The molecule has 140 valence electrons. The highest BCUT2D eigenvalue weighted by molar-refractivity contribution is 14.0. The standard InChI is InChI=1S/C20H32N4.HI/c1-21-20(23-19-10-3-2-4-11-19)22-13-7-14-24-15-12-17-8-5-6-9-18(17)16-24;/h5-6,8-9,19H,2-4,7,10-16H2,1H3,(H2,21,22,23);1H. The zero-order valence-electron chi connectivity index (χ0n) is 15.5. The predicted octanol–water partition coefficient (Wildman–Crippen LogP) is 3.55. The first-order valence-electron chi connectivity index (χ1n) is 9.61. The average molecular weight is 456 g/mol. The summed E-state index contributed by atoms with van der Waals surface area (Å²) in [6.45, 7) is 4.43. The molecule has 1 aliphatic heterocycles. The van der Waals surface area contributed by atoms with Crippen LogP contribution in [-0.4, -0.2) is 43.6 Å². The highest BCUT2D eigenvalue weighted by Gasteiger charge is 2.16. The van der Waals surface area contributed by atoms with Crippen molar-refractivity contribution in [3.05, 3.63) is 35.4 Å². The van der Waals surface area contributed by atoms with Gasteiger partial charge in [0.2, 0.25) is 0 Å². The van der Waals surface area contributed by atoms with Crippen molar-refractivity contribution in [1.82, 2.24) is 15.5 Å². The molecule has 0 aromatic heterocycles. The smallest absolute Gasteiger partial charge is 0.191 e. The predicted molar refractivity (Wildman–Crippen MR) is 117 cm³/mol.